The Hall–Kier alpha value is -2.26. The van der Waals surface area contributed by atoms with Crippen molar-refractivity contribution in [2.75, 3.05) is 39.2 Å². The molecule has 0 bridgehead atoms. The fraction of sp³-hybridized carbons (Fsp3) is 0.500. The second-order valence-electron chi connectivity index (χ2n) is 5.40. The summed E-state index contributed by atoms with van der Waals surface area (Å²) in [5.74, 6) is 0.876. The zero-order valence-electron chi connectivity index (χ0n) is 13.1. The number of ether oxygens (including phenoxy) is 2. The number of benzene rings is 1. The lowest BCUT2D eigenvalue weighted by Gasteiger charge is -2.23. The zero-order valence-corrected chi connectivity index (χ0v) is 13.1. The number of nitriles is 1. The number of anilines is 1. The molecule has 1 amide bonds. The molecule has 6 heteroatoms. The number of amides is 1. The van der Waals surface area contributed by atoms with Crippen LogP contribution in [0.3, 0.4) is 0 Å². The topological polar surface area (TPSA) is 75.8 Å². The molecule has 118 valence electrons. The fourth-order valence-corrected chi connectivity index (χ4v) is 2.72. The van der Waals surface area contributed by atoms with E-state index in [1.54, 1.807) is 12.1 Å². The van der Waals surface area contributed by atoms with Crippen LogP contribution in [0, 0.1) is 11.3 Å². The van der Waals surface area contributed by atoms with Gasteiger partial charge in [0.15, 0.2) is 18.0 Å². The SMILES string of the molecule is COc1cc(C#N)c(NC(=O)C[NH+]2CCCCC2)cc1OC. The fourth-order valence-electron chi connectivity index (χ4n) is 2.72. The summed E-state index contributed by atoms with van der Waals surface area (Å²) in [4.78, 5) is 13.5. The van der Waals surface area contributed by atoms with E-state index in [9.17, 15) is 10.1 Å². The number of quaternary nitrogens is 1. The number of rotatable bonds is 5. The molecule has 1 saturated heterocycles. The Morgan fingerprint density at radius 1 is 1.23 bits per heavy atom. The third-order valence-electron chi connectivity index (χ3n) is 3.89. The number of carbonyl (C=O) groups excluding carboxylic acids is 1. The first kappa shape index (κ1) is 16.1. The molecular formula is C16H22N3O3+. The second kappa shape index (κ2) is 7.66. The van der Waals surface area contributed by atoms with Gasteiger partial charge in [0, 0.05) is 12.1 Å². The monoisotopic (exact) mass is 304 g/mol. The van der Waals surface area contributed by atoms with Gasteiger partial charge in [0.25, 0.3) is 5.91 Å². The van der Waals surface area contributed by atoms with Gasteiger partial charge < -0.3 is 19.7 Å². The van der Waals surface area contributed by atoms with Gasteiger partial charge in [0.2, 0.25) is 0 Å². The van der Waals surface area contributed by atoms with Gasteiger partial charge in [-0.3, -0.25) is 4.79 Å². The molecule has 1 aliphatic heterocycles. The van der Waals surface area contributed by atoms with Gasteiger partial charge in [-0.15, -0.1) is 0 Å². The second-order valence-corrected chi connectivity index (χ2v) is 5.40. The van der Waals surface area contributed by atoms with Crippen molar-refractivity contribution in [1.82, 2.24) is 0 Å². The van der Waals surface area contributed by atoms with Crippen LogP contribution in [0.2, 0.25) is 0 Å². The van der Waals surface area contributed by atoms with Crippen LogP contribution in [-0.2, 0) is 4.79 Å². The Balaban J connectivity index is 2.10. The maximum absolute atomic E-state index is 12.2. The highest BCUT2D eigenvalue weighted by Crippen LogP contribution is 2.32. The Kier molecular flexibility index (Phi) is 5.61. The highest BCUT2D eigenvalue weighted by molar-refractivity contribution is 5.93. The number of likely N-dealkylation sites (tertiary alicyclic amines) is 1. The van der Waals surface area contributed by atoms with Crippen LogP contribution in [0.15, 0.2) is 12.1 Å². The molecule has 0 aromatic heterocycles. The van der Waals surface area contributed by atoms with Gasteiger partial charge in [-0.25, -0.2) is 0 Å². The van der Waals surface area contributed by atoms with Crippen LogP contribution in [0.1, 0.15) is 24.8 Å². The molecule has 1 fully saturated rings. The van der Waals surface area contributed by atoms with Gasteiger partial charge >= 0.3 is 0 Å². The molecule has 1 aromatic carbocycles. The van der Waals surface area contributed by atoms with E-state index in [0.29, 0.717) is 29.3 Å². The van der Waals surface area contributed by atoms with Gasteiger partial charge in [0.1, 0.15) is 6.07 Å². The number of nitrogens with zero attached hydrogens (tertiary/aromatic N) is 1. The maximum atomic E-state index is 12.2. The van der Waals surface area contributed by atoms with Gasteiger partial charge in [0.05, 0.1) is 38.6 Å². The van der Waals surface area contributed by atoms with E-state index in [2.05, 4.69) is 11.4 Å². The van der Waals surface area contributed by atoms with E-state index in [4.69, 9.17) is 9.47 Å². The summed E-state index contributed by atoms with van der Waals surface area (Å²) < 4.78 is 10.4. The number of nitrogens with one attached hydrogen (secondary N) is 2. The minimum absolute atomic E-state index is 0.0828. The maximum Gasteiger partial charge on any atom is 0.279 e. The largest absolute Gasteiger partial charge is 0.493 e. The minimum Gasteiger partial charge on any atom is -0.493 e. The summed E-state index contributed by atoms with van der Waals surface area (Å²) in [7, 11) is 3.03. The first-order valence-electron chi connectivity index (χ1n) is 7.47. The third-order valence-corrected chi connectivity index (χ3v) is 3.89. The average Bonchev–Trinajstić information content (AvgIpc) is 2.55. The van der Waals surface area contributed by atoms with Crippen molar-refractivity contribution in [2.24, 2.45) is 0 Å². The van der Waals surface area contributed by atoms with E-state index in [-0.39, 0.29) is 5.91 Å². The molecule has 22 heavy (non-hydrogen) atoms. The molecule has 0 atom stereocenters. The molecule has 0 spiro atoms. The minimum atomic E-state index is -0.0828. The Bertz CT molecular complexity index is 575. The van der Waals surface area contributed by atoms with Crippen molar-refractivity contribution in [3.8, 4) is 17.6 Å². The Morgan fingerprint density at radius 3 is 2.45 bits per heavy atom. The normalized spacial score (nSPS) is 15.0. The molecule has 6 nitrogen and oxygen atoms in total. The summed E-state index contributed by atoms with van der Waals surface area (Å²) in [6.07, 6.45) is 3.59. The van der Waals surface area contributed by atoms with E-state index in [0.717, 1.165) is 13.1 Å². The third kappa shape index (κ3) is 3.89. The molecule has 1 aliphatic rings. The number of hydrogen-bond donors (Lipinski definition) is 2. The molecule has 1 aromatic rings. The number of carbonyl (C=O) groups is 1. The van der Waals surface area contributed by atoms with E-state index < -0.39 is 0 Å². The van der Waals surface area contributed by atoms with Crippen molar-refractivity contribution in [1.29, 1.82) is 5.26 Å². The predicted molar refractivity (Wildman–Crippen MR) is 82.3 cm³/mol. The first-order valence-corrected chi connectivity index (χ1v) is 7.47. The highest BCUT2D eigenvalue weighted by atomic mass is 16.5. The van der Waals surface area contributed by atoms with E-state index in [1.807, 2.05) is 0 Å². The lowest BCUT2D eigenvalue weighted by atomic mass is 10.1. The van der Waals surface area contributed by atoms with E-state index in [1.165, 1.54) is 38.4 Å². The summed E-state index contributed by atoms with van der Waals surface area (Å²) in [5, 5.41) is 12.1. The number of piperidine rings is 1. The Morgan fingerprint density at radius 2 is 1.86 bits per heavy atom. The predicted octanol–water partition coefficient (Wildman–Crippen LogP) is 0.583. The summed E-state index contributed by atoms with van der Waals surface area (Å²) in [6, 6.07) is 5.27. The zero-order chi connectivity index (χ0) is 15.9. The molecule has 0 aliphatic carbocycles. The molecule has 0 radical (unpaired) electrons. The van der Waals surface area contributed by atoms with Crippen LogP contribution < -0.4 is 19.7 Å². The standard InChI is InChI=1S/C16H21N3O3/c1-21-14-8-12(10-17)13(9-15(14)22-2)18-16(20)11-19-6-4-3-5-7-19/h8-9H,3-7,11H2,1-2H3,(H,18,20)/p+1. The first-order chi connectivity index (χ1) is 10.7. The van der Waals surface area contributed by atoms with Crippen molar-refractivity contribution in [2.45, 2.75) is 19.3 Å². The summed E-state index contributed by atoms with van der Waals surface area (Å²) in [5.41, 5.74) is 0.821. The molecule has 2 rings (SSSR count). The molecule has 0 saturated carbocycles. The summed E-state index contributed by atoms with van der Waals surface area (Å²) in [6.45, 7) is 2.49. The van der Waals surface area contributed by atoms with Crippen LogP contribution >= 0.6 is 0 Å². The summed E-state index contributed by atoms with van der Waals surface area (Å²) >= 11 is 0. The van der Waals surface area contributed by atoms with Crippen LogP contribution in [0.25, 0.3) is 0 Å². The molecule has 2 N–H and O–H groups in total. The van der Waals surface area contributed by atoms with Gasteiger partial charge in [-0.1, -0.05) is 0 Å². The van der Waals surface area contributed by atoms with Crippen LogP contribution in [0.5, 0.6) is 11.5 Å². The lowest BCUT2D eigenvalue weighted by molar-refractivity contribution is -0.896. The Labute approximate surface area is 130 Å². The molecule has 0 unspecified atom stereocenters. The van der Waals surface area contributed by atoms with Crippen molar-refractivity contribution >= 4 is 11.6 Å². The van der Waals surface area contributed by atoms with Crippen LogP contribution in [-0.4, -0.2) is 39.8 Å². The molecular weight excluding hydrogens is 282 g/mol. The van der Waals surface area contributed by atoms with Gasteiger partial charge in [-0.2, -0.15) is 5.26 Å². The quantitative estimate of drug-likeness (QED) is 0.834. The smallest absolute Gasteiger partial charge is 0.279 e. The molecule has 1 heterocycles. The van der Waals surface area contributed by atoms with Crippen LogP contribution in [0.4, 0.5) is 5.69 Å². The van der Waals surface area contributed by atoms with Crippen molar-refractivity contribution < 1.29 is 19.2 Å². The van der Waals surface area contributed by atoms with Gasteiger partial charge in [-0.05, 0) is 19.3 Å². The van der Waals surface area contributed by atoms with Crippen molar-refractivity contribution in [3.63, 3.8) is 0 Å². The van der Waals surface area contributed by atoms with E-state index >= 15 is 0 Å². The lowest BCUT2D eigenvalue weighted by Crippen LogP contribution is -3.13. The number of hydrogen-bond acceptors (Lipinski definition) is 4. The highest BCUT2D eigenvalue weighted by Gasteiger charge is 2.19. The van der Waals surface area contributed by atoms with Crippen molar-refractivity contribution in [3.05, 3.63) is 17.7 Å². The number of methoxy groups -OCH3 is 2. The average molecular weight is 304 g/mol.